The number of nitrogens with zero attached hydrogens (tertiary/aromatic N) is 3. The highest BCUT2D eigenvalue weighted by Gasteiger charge is 2.26. The van der Waals surface area contributed by atoms with E-state index in [-0.39, 0.29) is 0 Å². The number of nitrogens with one attached hydrogen (secondary N) is 1. The number of piperazine rings is 1. The maximum absolute atomic E-state index is 6.21. The minimum atomic E-state index is 0.664. The van der Waals surface area contributed by atoms with E-state index in [4.69, 9.17) is 17.4 Å². The lowest BCUT2D eigenvalue weighted by Crippen LogP contribution is -2.46. The average molecular weight is 296 g/mol. The second-order valence-electron chi connectivity index (χ2n) is 5.79. The summed E-state index contributed by atoms with van der Waals surface area (Å²) in [6.07, 6.45) is 2.86. The van der Waals surface area contributed by atoms with Gasteiger partial charge in [0, 0.05) is 39.3 Å². The summed E-state index contributed by atoms with van der Waals surface area (Å²) in [5, 5.41) is 0.712. The van der Waals surface area contributed by atoms with Crippen LogP contribution in [0.1, 0.15) is 18.5 Å². The van der Waals surface area contributed by atoms with Gasteiger partial charge >= 0.3 is 0 Å². The van der Waals surface area contributed by atoms with Gasteiger partial charge in [-0.3, -0.25) is 4.90 Å². The molecule has 1 saturated heterocycles. The molecule has 0 radical (unpaired) electrons. The Balaban J connectivity index is 1.53. The fraction of sp³-hybridized carbons (Fsp3) is 0.643. The SMILES string of the molecule is NNc1ccc(Cl)c(CN2CCN(CC3CC3)CC2)n1. The largest absolute Gasteiger partial charge is 0.308 e. The van der Waals surface area contributed by atoms with Crippen LogP contribution in [0, 0.1) is 5.92 Å². The molecule has 1 aromatic rings. The molecule has 0 amide bonds. The smallest absolute Gasteiger partial charge is 0.140 e. The number of nitrogens with two attached hydrogens (primary N) is 1. The number of aromatic nitrogens is 1. The Bertz CT molecular complexity index is 455. The second kappa shape index (κ2) is 6.26. The average Bonchev–Trinajstić information content (AvgIpc) is 3.27. The third-order valence-corrected chi connectivity index (χ3v) is 4.46. The molecule has 0 spiro atoms. The third-order valence-electron chi connectivity index (χ3n) is 4.12. The van der Waals surface area contributed by atoms with Crippen molar-refractivity contribution in [3.63, 3.8) is 0 Å². The molecule has 6 heteroatoms. The molecule has 2 heterocycles. The highest BCUT2D eigenvalue weighted by Crippen LogP contribution is 2.30. The van der Waals surface area contributed by atoms with Crippen molar-refractivity contribution in [2.24, 2.45) is 11.8 Å². The molecule has 0 bridgehead atoms. The van der Waals surface area contributed by atoms with Crippen LogP contribution in [0.2, 0.25) is 5.02 Å². The molecule has 3 N–H and O–H groups in total. The zero-order valence-electron chi connectivity index (χ0n) is 11.7. The lowest BCUT2D eigenvalue weighted by molar-refractivity contribution is 0.122. The third kappa shape index (κ3) is 3.61. The van der Waals surface area contributed by atoms with Gasteiger partial charge in [-0.25, -0.2) is 10.8 Å². The van der Waals surface area contributed by atoms with Crippen LogP contribution >= 0.6 is 11.6 Å². The van der Waals surface area contributed by atoms with Crippen molar-refractivity contribution in [3.05, 3.63) is 22.8 Å². The minimum absolute atomic E-state index is 0.664. The Morgan fingerprint density at radius 2 is 1.90 bits per heavy atom. The molecule has 1 aliphatic carbocycles. The standard InChI is InChI=1S/C14H22ClN5/c15-12-3-4-14(18-16)17-13(12)10-20-7-5-19(6-8-20)9-11-1-2-11/h3-4,11H,1-2,5-10,16H2,(H,17,18). The van der Waals surface area contributed by atoms with Crippen LogP contribution in [0.15, 0.2) is 12.1 Å². The van der Waals surface area contributed by atoms with Gasteiger partial charge in [0.1, 0.15) is 5.82 Å². The summed E-state index contributed by atoms with van der Waals surface area (Å²) in [5.41, 5.74) is 3.47. The highest BCUT2D eigenvalue weighted by molar-refractivity contribution is 6.31. The van der Waals surface area contributed by atoms with Gasteiger partial charge in [-0.1, -0.05) is 11.6 Å². The van der Waals surface area contributed by atoms with Crippen LogP contribution in [-0.4, -0.2) is 47.5 Å². The van der Waals surface area contributed by atoms with Crippen LogP contribution < -0.4 is 11.3 Å². The van der Waals surface area contributed by atoms with E-state index in [2.05, 4.69) is 20.2 Å². The van der Waals surface area contributed by atoms with E-state index >= 15 is 0 Å². The summed E-state index contributed by atoms with van der Waals surface area (Å²) in [6.45, 7) is 6.58. The van der Waals surface area contributed by atoms with Gasteiger partial charge in [0.05, 0.1) is 10.7 Å². The normalized spacial score (nSPS) is 21.1. The van der Waals surface area contributed by atoms with Gasteiger partial charge in [0.2, 0.25) is 0 Å². The first-order valence-corrected chi connectivity index (χ1v) is 7.69. The number of hydrogen-bond acceptors (Lipinski definition) is 5. The Labute approximate surface area is 125 Å². The molecule has 110 valence electrons. The molecule has 2 aliphatic rings. The number of hydrazine groups is 1. The molecule has 0 unspecified atom stereocenters. The summed E-state index contributed by atoms with van der Waals surface area (Å²) < 4.78 is 0. The first kappa shape index (κ1) is 14.1. The summed E-state index contributed by atoms with van der Waals surface area (Å²) in [4.78, 5) is 9.44. The molecule has 20 heavy (non-hydrogen) atoms. The van der Waals surface area contributed by atoms with Crippen LogP contribution in [0.5, 0.6) is 0 Å². The quantitative estimate of drug-likeness (QED) is 0.638. The Morgan fingerprint density at radius 3 is 2.55 bits per heavy atom. The molecule has 5 nitrogen and oxygen atoms in total. The van der Waals surface area contributed by atoms with Crippen molar-refractivity contribution >= 4 is 17.4 Å². The molecule has 0 aromatic carbocycles. The van der Waals surface area contributed by atoms with Crippen LogP contribution in [-0.2, 0) is 6.54 Å². The van der Waals surface area contributed by atoms with Crippen LogP contribution in [0.25, 0.3) is 0 Å². The number of rotatable bonds is 5. The molecule has 1 aliphatic heterocycles. The van der Waals surface area contributed by atoms with Crippen LogP contribution in [0.4, 0.5) is 5.82 Å². The summed E-state index contributed by atoms with van der Waals surface area (Å²) >= 11 is 6.21. The van der Waals surface area contributed by atoms with Gasteiger partial charge in [-0.2, -0.15) is 0 Å². The number of pyridine rings is 1. The first-order chi connectivity index (χ1) is 9.74. The summed E-state index contributed by atoms with van der Waals surface area (Å²) in [6, 6.07) is 3.64. The Hall–Kier alpha value is -0.880. The molecule has 3 rings (SSSR count). The molecule has 2 fully saturated rings. The van der Waals surface area contributed by atoms with Gasteiger partial charge in [0.25, 0.3) is 0 Å². The number of hydrogen-bond donors (Lipinski definition) is 2. The molecule has 0 atom stereocenters. The number of nitrogen functional groups attached to an aromatic ring is 1. The zero-order valence-corrected chi connectivity index (χ0v) is 12.4. The van der Waals surface area contributed by atoms with Crippen molar-refractivity contribution in [2.45, 2.75) is 19.4 Å². The maximum atomic E-state index is 6.21. The minimum Gasteiger partial charge on any atom is -0.308 e. The molecule has 1 aromatic heterocycles. The topological polar surface area (TPSA) is 57.4 Å². The van der Waals surface area contributed by atoms with E-state index in [9.17, 15) is 0 Å². The van der Waals surface area contributed by atoms with E-state index in [1.54, 1.807) is 6.07 Å². The van der Waals surface area contributed by atoms with E-state index in [0.717, 1.165) is 44.3 Å². The number of anilines is 1. The molecular weight excluding hydrogens is 274 g/mol. The Morgan fingerprint density at radius 1 is 1.20 bits per heavy atom. The second-order valence-corrected chi connectivity index (χ2v) is 6.20. The van der Waals surface area contributed by atoms with Crippen molar-refractivity contribution in [2.75, 3.05) is 38.1 Å². The van der Waals surface area contributed by atoms with Gasteiger partial charge in [-0.05, 0) is 30.9 Å². The fourth-order valence-corrected chi connectivity index (χ4v) is 2.85. The van der Waals surface area contributed by atoms with E-state index in [1.165, 1.54) is 19.4 Å². The zero-order chi connectivity index (χ0) is 13.9. The van der Waals surface area contributed by atoms with Crippen molar-refractivity contribution in [1.29, 1.82) is 0 Å². The summed E-state index contributed by atoms with van der Waals surface area (Å²) in [7, 11) is 0. The maximum Gasteiger partial charge on any atom is 0.140 e. The van der Waals surface area contributed by atoms with E-state index < -0.39 is 0 Å². The fourth-order valence-electron chi connectivity index (χ4n) is 2.68. The lowest BCUT2D eigenvalue weighted by atomic mass is 10.2. The molecule has 1 saturated carbocycles. The lowest BCUT2D eigenvalue weighted by Gasteiger charge is -2.34. The first-order valence-electron chi connectivity index (χ1n) is 7.31. The van der Waals surface area contributed by atoms with Crippen molar-refractivity contribution in [1.82, 2.24) is 14.8 Å². The predicted molar refractivity (Wildman–Crippen MR) is 81.5 cm³/mol. The van der Waals surface area contributed by atoms with Gasteiger partial charge in [-0.15, -0.1) is 0 Å². The predicted octanol–water partition coefficient (Wildman–Crippen LogP) is 1.55. The van der Waals surface area contributed by atoms with Gasteiger partial charge < -0.3 is 10.3 Å². The van der Waals surface area contributed by atoms with Crippen LogP contribution in [0.3, 0.4) is 0 Å². The van der Waals surface area contributed by atoms with E-state index in [0.29, 0.717) is 10.8 Å². The van der Waals surface area contributed by atoms with Crippen molar-refractivity contribution in [3.8, 4) is 0 Å². The van der Waals surface area contributed by atoms with E-state index in [1.807, 2.05) is 6.07 Å². The highest BCUT2D eigenvalue weighted by atomic mass is 35.5. The van der Waals surface area contributed by atoms with Crippen molar-refractivity contribution < 1.29 is 0 Å². The monoisotopic (exact) mass is 295 g/mol. The number of halogens is 1. The van der Waals surface area contributed by atoms with Gasteiger partial charge in [0.15, 0.2) is 0 Å². The molecular formula is C14H22ClN5. The summed E-state index contributed by atoms with van der Waals surface area (Å²) in [5.74, 6) is 7.04. The Kier molecular flexibility index (Phi) is 4.41.